The van der Waals surface area contributed by atoms with Crippen LogP contribution in [0, 0.1) is 0 Å². The number of fused-ring (bicyclic) bond motifs is 2. The number of nitrogens with two attached hydrogens (primary N) is 1. The number of rotatable bonds is 4. The van der Waals surface area contributed by atoms with E-state index >= 15 is 0 Å². The maximum absolute atomic E-state index is 6.27. The van der Waals surface area contributed by atoms with Crippen molar-refractivity contribution in [3.63, 3.8) is 0 Å². The highest BCUT2D eigenvalue weighted by molar-refractivity contribution is 6.02. The first-order valence-corrected chi connectivity index (χ1v) is 10.9. The summed E-state index contributed by atoms with van der Waals surface area (Å²) in [6.45, 7) is 7.27. The summed E-state index contributed by atoms with van der Waals surface area (Å²) in [6, 6.07) is 20.9. The van der Waals surface area contributed by atoms with Crippen LogP contribution in [0.25, 0.3) is 33.4 Å². The van der Waals surface area contributed by atoms with E-state index in [1.807, 2.05) is 25.1 Å². The lowest BCUT2D eigenvalue weighted by Gasteiger charge is -2.26. The molecule has 1 fully saturated rings. The smallest absolute Gasteiger partial charge is 0.137 e. The number of anilines is 1. The van der Waals surface area contributed by atoms with E-state index in [1.54, 1.807) is 0 Å². The summed E-state index contributed by atoms with van der Waals surface area (Å²) in [5.41, 5.74) is 12.3. The van der Waals surface area contributed by atoms with Gasteiger partial charge in [0.25, 0.3) is 0 Å². The van der Waals surface area contributed by atoms with Gasteiger partial charge in [0.05, 0.1) is 18.6 Å². The van der Waals surface area contributed by atoms with E-state index in [2.05, 4.69) is 52.4 Å². The Balaban J connectivity index is 1.67. The minimum Gasteiger partial charge on any atom is -0.456 e. The van der Waals surface area contributed by atoms with Crippen molar-refractivity contribution in [2.75, 3.05) is 38.6 Å². The standard InChI is InChI=1S/C26H27N3O2/c1-2-28-21-7-9-23-25(16-21)31-24-15-20(27)6-8-22(24)26(23)19-5-3-4-18(14-19)17-29-10-12-30-13-11-29/h3-9,14-16H,2,10-13,17,27H2,1H3. The van der Waals surface area contributed by atoms with Gasteiger partial charge in [-0.2, -0.15) is 0 Å². The molecule has 2 N–H and O–H groups in total. The van der Waals surface area contributed by atoms with Gasteiger partial charge >= 0.3 is 0 Å². The highest BCUT2D eigenvalue weighted by Gasteiger charge is 2.18. The molecule has 5 nitrogen and oxygen atoms in total. The summed E-state index contributed by atoms with van der Waals surface area (Å²) in [5, 5.41) is 1.99. The van der Waals surface area contributed by atoms with Crippen molar-refractivity contribution in [1.29, 1.82) is 0 Å². The fourth-order valence-electron chi connectivity index (χ4n) is 4.33. The minimum atomic E-state index is 0.692. The van der Waals surface area contributed by atoms with Crippen LogP contribution in [0.15, 0.2) is 70.1 Å². The van der Waals surface area contributed by atoms with Gasteiger partial charge in [-0.05, 0) is 48.4 Å². The Kier molecular flexibility index (Phi) is 5.45. The zero-order valence-corrected chi connectivity index (χ0v) is 17.8. The predicted octanol–water partition coefficient (Wildman–Crippen LogP) is 4.54. The third-order valence-corrected chi connectivity index (χ3v) is 5.80. The van der Waals surface area contributed by atoms with E-state index in [4.69, 9.17) is 14.9 Å². The van der Waals surface area contributed by atoms with Gasteiger partial charge in [0.2, 0.25) is 0 Å². The Morgan fingerprint density at radius 2 is 1.87 bits per heavy atom. The van der Waals surface area contributed by atoms with Crippen molar-refractivity contribution in [3.05, 3.63) is 71.6 Å². The van der Waals surface area contributed by atoms with E-state index in [1.165, 1.54) is 16.7 Å². The van der Waals surface area contributed by atoms with E-state index in [9.17, 15) is 0 Å². The van der Waals surface area contributed by atoms with Crippen LogP contribution in [0.5, 0.6) is 0 Å². The van der Waals surface area contributed by atoms with Gasteiger partial charge in [0.15, 0.2) is 0 Å². The van der Waals surface area contributed by atoms with Crippen LogP contribution in [0.3, 0.4) is 0 Å². The molecule has 1 aliphatic carbocycles. The quantitative estimate of drug-likeness (QED) is 0.394. The molecule has 1 saturated heterocycles. The van der Waals surface area contributed by atoms with E-state index < -0.39 is 0 Å². The first kappa shape index (κ1) is 19.8. The molecule has 5 heteroatoms. The van der Waals surface area contributed by atoms with Crippen molar-refractivity contribution in [1.82, 2.24) is 4.90 Å². The van der Waals surface area contributed by atoms with Gasteiger partial charge in [-0.25, -0.2) is 0 Å². The molecule has 5 rings (SSSR count). The molecule has 158 valence electrons. The van der Waals surface area contributed by atoms with E-state index in [-0.39, 0.29) is 0 Å². The molecule has 0 amide bonds. The van der Waals surface area contributed by atoms with Crippen molar-refractivity contribution in [3.8, 4) is 22.5 Å². The molecule has 2 aromatic rings. The van der Waals surface area contributed by atoms with Gasteiger partial charge in [-0.15, -0.1) is 0 Å². The van der Waals surface area contributed by atoms with Crippen molar-refractivity contribution < 1.29 is 9.15 Å². The van der Waals surface area contributed by atoms with Crippen LogP contribution in [-0.4, -0.2) is 37.7 Å². The Labute approximate surface area is 182 Å². The molecule has 0 atom stereocenters. The third kappa shape index (κ3) is 4.07. The summed E-state index contributed by atoms with van der Waals surface area (Å²) in [6.07, 6.45) is 0. The fraction of sp³-hybridized carbons (Fsp3) is 0.269. The topological polar surface area (TPSA) is 64.0 Å². The van der Waals surface area contributed by atoms with E-state index in [0.717, 1.165) is 67.0 Å². The lowest BCUT2D eigenvalue weighted by atomic mass is 9.92. The molecule has 0 unspecified atom stereocenters. The molecule has 2 aromatic carbocycles. The second-order valence-corrected chi connectivity index (χ2v) is 7.98. The molecule has 0 radical (unpaired) electrons. The average Bonchev–Trinajstić information content (AvgIpc) is 2.78. The minimum absolute atomic E-state index is 0.692. The number of ether oxygens (including phenoxy) is 1. The zero-order valence-electron chi connectivity index (χ0n) is 17.8. The summed E-state index contributed by atoms with van der Waals surface area (Å²) in [4.78, 5) is 6.98. The summed E-state index contributed by atoms with van der Waals surface area (Å²) >= 11 is 0. The number of hydrogen-bond acceptors (Lipinski definition) is 5. The molecule has 0 aromatic heterocycles. The van der Waals surface area contributed by atoms with Crippen LogP contribution >= 0.6 is 0 Å². The summed E-state index contributed by atoms with van der Waals surface area (Å²) in [7, 11) is 0. The Morgan fingerprint density at radius 1 is 1.00 bits per heavy atom. The molecule has 0 saturated carbocycles. The highest BCUT2D eigenvalue weighted by Crippen LogP contribution is 2.40. The predicted molar refractivity (Wildman–Crippen MR) is 125 cm³/mol. The largest absolute Gasteiger partial charge is 0.456 e. The second kappa shape index (κ2) is 8.53. The monoisotopic (exact) mass is 413 g/mol. The first-order chi connectivity index (χ1) is 15.2. The zero-order chi connectivity index (χ0) is 21.2. The van der Waals surface area contributed by atoms with Crippen LogP contribution in [0.2, 0.25) is 0 Å². The van der Waals surface area contributed by atoms with E-state index in [0.29, 0.717) is 5.69 Å². The maximum atomic E-state index is 6.27. The third-order valence-electron chi connectivity index (χ3n) is 5.80. The lowest BCUT2D eigenvalue weighted by Crippen LogP contribution is -2.35. The van der Waals surface area contributed by atoms with Gasteiger partial charge in [0, 0.05) is 60.5 Å². The fourth-order valence-corrected chi connectivity index (χ4v) is 4.33. The molecule has 0 bridgehead atoms. The van der Waals surface area contributed by atoms with Crippen LogP contribution in [-0.2, 0) is 11.3 Å². The van der Waals surface area contributed by atoms with Crippen molar-refractivity contribution >= 4 is 16.7 Å². The highest BCUT2D eigenvalue weighted by atomic mass is 16.5. The molecule has 2 aliphatic heterocycles. The first-order valence-electron chi connectivity index (χ1n) is 10.9. The Hall–Kier alpha value is -3.15. The number of nitrogen functional groups attached to an aromatic ring is 1. The summed E-state index contributed by atoms with van der Waals surface area (Å²) in [5.74, 6) is 0.821. The van der Waals surface area contributed by atoms with Crippen molar-refractivity contribution in [2.45, 2.75) is 13.5 Å². The lowest BCUT2D eigenvalue weighted by molar-refractivity contribution is 0.0342. The van der Waals surface area contributed by atoms with Crippen LogP contribution in [0.1, 0.15) is 12.5 Å². The normalized spacial score (nSPS) is 15.7. The van der Waals surface area contributed by atoms with Gasteiger partial charge < -0.3 is 14.9 Å². The van der Waals surface area contributed by atoms with Crippen molar-refractivity contribution in [2.24, 2.45) is 4.99 Å². The Bertz CT molecular complexity index is 1260. The Morgan fingerprint density at radius 3 is 2.71 bits per heavy atom. The summed E-state index contributed by atoms with van der Waals surface area (Å²) < 4.78 is 11.8. The molecular formula is C26H27N3O2. The molecule has 31 heavy (non-hydrogen) atoms. The van der Waals surface area contributed by atoms with Gasteiger partial charge in [-0.3, -0.25) is 9.89 Å². The molecule has 2 heterocycles. The number of morpholine rings is 1. The second-order valence-electron chi connectivity index (χ2n) is 7.98. The molecule has 0 spiro atoms. The number of hydrogen-bond donors (Lipinski definition) is 1. The number of nitrogens with zero attached hydrogens (tertiary/aromatic N) is 2. The van der Waals surface area contributed by atoms with Gasteiger partial charge in [0.1, 0.15) is 11.3 Å². The van der Waals surface area contributed by atoms with Crippen LogP contribution < -0.4 is 11.1 Å². The van der Waals surface area contributed by atoms with Gasteiger partial charge in [-0.1, -0.05) is 18.2 Å². The average molecular weight is 414 g/mol. The molecule has 3 aliphatic rings. The maximum Gasteiger partial charge on any atom is 0.137 e. The number of benzene rings is 3. The molecular weight excluding hydrogens is 386 g/mol. The van der Waals surface area contributed by atoms with Crippen LogP contribution in [0.4, 0.5) is 5.69 Å². The SMILES string of the molecule is CCN=c1ccc2c(-c3cccc(CN4CCOCC4)c3)c3ccc(N)cc3oc-2c1.